The molecule has 1 aliphatic rings. The lowest BCUT2D eigenvalue weighted by Gasteiger charge is -2.35. The number of hydrogen-bond donors (Lipinski definition) is 1. The molecule has 1 amide bonds. The molecule has 1 aromatic heterocycles. The van der Waals surface area contributed by atoms with Gasteiger partial charge in [0.1, 0.15) is 13.1 Å². The molecule has 2 aromatic rings. The quantitative estimate of drug-likeness (QED) is 0.307. The summed E-state index contributed by atoms with van der Waals surface area (Å²) in [4.78, 5) is 20.9. The number of aromatic nitrogens is 2. The van der Waals surface area contributed by atoms with Crippen molar-refractivity contribution in [1.82, 2.24) is 20.0 Å². The van der Waals surface area contributed by atoms with E-state index < -0.39 is 0 Å². The molecule has 2 heterocycles. The molecule has 0 atom stereocenters. The first-order valence-electron chi connectivity index (χ1n) is 9.03. The molecule has 1 fully saturated rings. The summed E-state index contributed by atoms with van der Waals surface area (Å²) in [7, 11) is 1.84. The maximum atomic E-state index is 12.6. The molecule has 0 bridgehead atoms. The lowest BCUT2D eigenvalue weighted by atomic mass is 10.2. The van der Waals surface area contributed by atoms with Crippen LogP contribution in [0, 0.1) is 11.8 Å². The van der Waals surface area contributed by atoms with Gasteiger partial charge in [-0.15, -0.1) is 24.0 Å². The fraction of sp³-hybridized carbons (Fsp3) is 0.350. The van der Waals surface area contributed by atoms with Gasteiger partial charge in [-0.25, -0.2) is 4.99 Å². The van der Waals surface area contributed by atoms with E-state index in [0.717, 1.165) is 23.8 Å². The van der Waals surface area contributed by atoms with Gasteiger partial charge in [0.05, 0.1) is 11.9 Å². The number of carbonyl (C=O) groups excluding carboxylic acids is 1. The second-order valence-corrected chi connectivity index (χ2v) is 6.18. The van der Waals surface area contributed by atoms with Gasteiger partial charge in [0.25, 0.3) is 0 Å². The number of rotatable bonds is 3. The van der Waals surface area contributed by atoms with E-state index in [-0.39, 0.29) is 36.4 Å². The normalized spacial score (nSPS) is 14.2. The molecule has 0 unspecified atom stereocenters. The van der Waals surface area contributed by atoms with Crippen molar-refractivity contribution in [3.63, 3.8) is 0 Å². The van der Waals surface area contributed by atoms with Crippen molar-refractivity contribution in [3.8, 4) is 11.8 Å². The first kappa shape index (κ1) is 21.8. The third kappa shape index (κ3) is 5.73. The number of hydrogen-bond acceptors (Lipinski definition) is 3. The largest absolute Gasteiger partial charge is 0.356 e. The standard InChI is InChI=1S/C20H24N6O.HI/c1-3-21-20(22-11-7-10-17-8-5-4-6-9-17)25-12-13-26(19(27)16-25)18-14-23-24(2)15-18;/h4-6,8-9,14-15H,3,11-13,16H2,1-2H3,(H,21,22);1H. The Labute approximate surface area is 182 Å². The van der Waals surface area contributed by atoms with Crippen LogP contribution in [0.2, 0.25) is 0 Å². The Hall–Kier alpha value is -2.54. The van der Waals surface area contributed by atoms with Crippen LogP contribution in [0.5, 0.6) is 0 Å². The van der Waals surface area contributed by atoms with E-state index in [1.54, 1.807) is 15.8 Å². The number of aliphatic imine (C=N–C) groups is 1. The third-order valence-corrected chi connectivity index (χ3v) is 4.17. The summed E-state index contributed by atoms with van der Waals surface area (Å²) in [5.41, 5.74) is 1.80. The van der Waals surface area contributed by atoms with Crippen molar-refractivity contribution >= 4 is 41.5 Å². The van der Waals surface area contributed by atoms with Crippen molar-refractivity contribution in [2.75, 3.05) is 37.6 Å². The summed E-state index contributed by atoms with van der Waals surface area (Å²) in [5, 5.41) is 7.39. The molecule has 0 radical (unpaired) electrons. The van der Waals surface area contributed by atoms with Crippen LogP contribution in [0.15, 0.2) is 47.7 Å². The fourth-order valence-corrected chi connectivity index (χ4v) is 2.88. The Morgan fingerprint density at radius 1 is 1.29 bits per heavy atom. The van der Waals surface area contributed by atoms with E-state index in [4.69, 9.17) is 0 Å². The van der Waals surface area contributed by atoms with Gasteiger partial charge in [-0.3, -0.25) is 9.48 Å². The van der Waals surface area contributed by atoms with Crippen LogP contribution in [0.1, 0.15) is 12.5 Å². The second-order valence-electron chi connectivity index (χ2n) is 6.18. The van der Waals surface area contributed by atoms with Crippen molar-refractivity contribution < 1.29 is 4.79 Å². The number of guanidine groups is 1. The monoisotopic (exact) mass is 492 g/mol. The van der Waals surface area contributed by atoms with Gasteiger partial charge in [-0.2, -0.15) is 5.10 Å². The number of piperazine rings is 1. The highest BCUT2D eigenvalue weighted by Crippen LogP contribution is 2.16. The first-order valence-corrected chi connectivity index (χ1v) is 9.03. The minimum absolute atomic E-state index is 0. The van der Waals surface area contributed by atoms with Crippen LogP contribution in [-0.4, -0.2) is 59.3 Å². The Kier molecular flexibility index (Phi) is 8.32. The molecule has 3 rings (SSSR count). The van der Waals surface area contributed by atoms with E-state index in [1.165, 1.54) is 0 Å². The average Bonchev–Trinajstić information content (AvgIpc) is 3.11. The number of aryl methyl sites for hydroxylation is 1. The Morgan fingerprint density at radius 2 is 2.07 bits per heavy atom. The van der Waals surface area contributed by atoms with E-state index >= 15 is 0 Å². The molecule has 0 spiro atoms. The molecule has 148 valence electrons. The first-order chi connectivity index (χ1) is 13.2. The number of anilines is 1. The maximum absolute atomic E-state index is 12.6. The average molecular weight is 492 g/mol. The summed E-state index contributed by atoms with van der Waals surface area (Å²) in [5.74, 6) is 6.92. The summed E-state index contributed by atoms with van der Waals surface area (Å²) >= 11 is 0. The van der Waals surface area contributed by atoms with E-state index in [9.17, 15) is 4.79 Å². The molecule has 28 heavy (non-hydrogen) atoms. The molecular weight excluding hydrogens is 467 g/mol. The van der Waals surface area contributed by atoms with Gasteiger partial charge < -0.3 is 15.1 Å². The van der Waals surface area contributed by atoms with E-state index in [1.807, 2.05) is 55.4 Å². The molecule has 1 aliphatic heterocycles. The van der Waals surface area contributed by atoms with Gasteiger partial charge in [-0.1, -0.05) is 30.0 Å². The Morgan fingerprint density at radius 3 is 2.71 bits per heavy atom. The second kappa shape index (κ2) is 10.7. The zero-order chi connectivity index (χ0) is 19.1. The molecule has 1 saturated heterocycles. The molecule has 1 aromatic carbocycles. The number of benzene rings is 1. The molecule has 0 saturated carbocycles. The zero-order valence-electron chi connectivity index (χ0n) is 16.1. The highest BCUT2D eigenvalue weighted by Gasteiger charge is 2.27. The highest BCUT2D eigenvalue weighted by atomic mass is 127. The Balaban J connectivity index is 0.00000280. The Bertz CT molecular complexity index is 868. The van der Waals surface area contributed by atoms with Crippen molar-refractivity contribution in [3.05, 3.63) is 48.3 Å². The smallest absolute Gasteiger partial charge is 0.246 e. The molecular formula is C20H25IN6O. The van der Waals surface area contributed by atoms with Crippen LogP contribution in [-0.2, 0) is 11.8 Å². The van der Waals surface area contributed by atoms with Gasteiger partial charge in [-0.05, 0) is 19.1 Å². The van der Waals surface area contributed by atoms with Crippen LogP contribution in [0.4, 0.5) is 5.69 Å². The fourth-order valence-electron chi connectivity index (χ4n) is 2.88. The highest BCUT2D eigenvalue weighted by molar-refractivity contribution is 14.0. The van der Waals surface area contributed by atoms with Crippen LogP contribution in [0.25, 0.3) is 0 Å². The summed E-state index contributed by atoms with van der Waals surface area (Å²) in [6.07, 6.45) is 3.57. The third-order valence-electron chi connectivity index (χ3n) is 4.17. The summed E-state index contributed by atoms with van der Waals surface area (Å²) in [6, 6.07) is 9.83. The molecule has 8 heteroatoms. The molecule has 7 nitrogen and oxygen atoms in total. The van der Waals surface area contributed by atoms with Crippen LogP contribution < -0.4 is 10.2 Å². The van der Waals surface area contributed by atoms with Gasteiger partial charge in [0.2, 0.25) is 5.91 Å². The number of carbonyl (C=O) groups is 1. The minimum atomic E-state index is 0. The lowest BCUT2D eigenvalue weighted by molar-refractivity contribution is -0.120. The number of amides is 1. The zero-order valence-corrected chi connectivity index (χ0v) is 18.5. The van der Waals surface area contributed by atoms with E-state index in [0.29, 0.717) is 19.6 Å². The van der Waals surface area contributed by atoms with Crippen molar-refractivity contribution in [2.24, 2.45) is 12.0 Å². The van der Waals surface area contributed by atoms with Crippen molar-refractivity contribution in [1.29, 1.82) is 0 Å². The van der Waals surface area contributed by atoms with E-state index in [2.05, 4.69) is 27.2 Å². The van der Waals surface area contributed by atoms with Crippen LogP contribution >= 0.6 is 24.0 Å². The minimum Gasteiger partial charge on any atom is -0.356 e. The predicted octanol–water partition coefficient (Wildman–Crippen LogP) is 1.70. The summed E-state index contributed by atoms with van der Waals surface area (Å²) in [6.45, 7) is 4.73. The molecule has 0 aliphatic carbocycles. The van der Waals surface area contributed by atoms with Crippen molar-refractivity contribution in [2.45, 2.75) is 6.92 Å². The van der Waals surface area contributed by atoms with Gasteiger partial charge in [0, 0.05) is 38.4 Å². The predicted molar refractivity (Wildman–Crippen MR) is 122 cm³/mol. The topological polar surface area (TPSA) is 65.8 Å². The summed E-state index contributed by atoms with van der Waals surface area (Å²) < 4.78 is 1.70. The maximum Gasteiger partial charge on any atom is 0.246 e. The molecule has 1 N–H and O–H groups in total. The number of nitrogens with one attached hydrogen (secondary N) is 1. The van der Waals surface area contributed by atoms with Crippen LogP contribution in [0.3, 0.4) is 0 Å². The number of nitrogens with zero attached hydrogens (tertiary/aromatic N) is 5. The SMILES string of the molecule is CCNC(=NCC#Cc1ccccc1)N1CCN(c2cnn(C)c2)C(=O)C1.I. The van der Waals surface area contributed by atoms with Gasteiger partial charge in [0.15, 0.2) is 5.96 Å². The van der Waals surface area contributed by atoms with Gasteiger partial charge >= 0.3 is 0 Å². The number of halogens is 1. The lowest BCUT2D eigenvalue weighted by Crippen LogP contribution is -2.55.